The maximum Gasteiger partial charge on any atom is 0.251 e. The maximum absolute atomic E-state index is 12.3. The third-order valence-electron chi connectivity index (χ3n) is 4.50. The summed E-state index contributed by atoms with van der Waals surface area (Å²) in [4.78, 5) is 13.1. The van der Waals surface area contributed by atoms with Gasteiger partial charge in [0.2, 0.25) is 0 Å². The average Bonchev–Trinajstić information content (AvgIpc) is 2.88. The Balaban J connectivity index is 2.03. The van der Waals surface area contributed by atoms with Crippen molar-refractivity contribution in [3.63, 3.8) is 0 Å². The van der Waals surface area contributed by atoms with E-state index in [1.165, 1.54) is 25.7 Å². The van der Waals surface area contributed by atoms with Crippen LogP contribution in [0.5, 0.6) is 0 Å². The average molecular weight is 277 g/mol. The molecular weight excluding hydrogens is 254 g/mol. The molecule has 0 bridgehead atoms. The molecule has 0 radical (unpaired) electrons. The van der Waals surface area contributed by atoms with Crippen LogP contribution in [-0.4, -0.2) is 12.5 Å². The van der Waals surface area contributed by atoms with E-state index in [1.807, 2.05) is 25.1 Å². The largest absolute Gasteiger partial charge is 0.351 e. The molecule has 0 unspecified atom stereocenters. The second-order valence-corrected chi connectivity index (χ2v) is 6.26. The van der Waals surface area contributed by atoms with Crippen molar-refractivity contribution in [3.8, 4) is 0 Å². The second kappa shape index (κ2) is 6.00. The molecule has 1 amide bonds. The van der Waals surface area contributed by atoms with Crippen molar-refractivity contribution >= 4 is 18.5 Å². The molecule has 19 heavy (non-hydrogen) atoms. The summed E-state index contributed by atoms with van der Waals surface area (Å²) in [5.41, 5.74) is 2.09. The Morgan fingerprint density at radius 1 is 1.37 bits per heavy atom. The molecule has 3 heteroatoms. The number of thiol groups is 1. The zero-order valence-corrected chi connectivity index (χ0v) is 12.7. The van der Waals surface area contributed by atoms with Crippen LogP contribution in [0.3, 0.4) is 0 Å². The highest BCUT2D eigenvalue weighted by Crippen LogP contribution is 2.40. The van der Waals surface area contributed by atoms with E-state index >= 15 is 0 Å². The first-order valence-corrected chi connectivity index (χ1v) is 7.59. The van der Waals surface area contributed by atoms with Gasteiger partial charge in [-0.1, -0.05) is 25.8 Å². The Morgan fingerprint density at radius 2 is 2.05 bits per heavy atom. The van der Waals surface area contributed by atoms with E-state index < -0.39 is 0 Å². The summed E-state index contributed by atoms with van der Waals surface area (Å²) in [6, 6.07) is 5.71. The van der Waals surface area contributed by atoms with Gasteiger partial charge in [-0.25, -0.2) is 0 Å². The lowest BCUT2D eigenvalue weighted by atomic mass is 9.83. The first-order chi connectivity index (χ1) is 9.06. The standard InChI is InChI=1S/C16H23NOS/c1-3-16(8-4-5-9-16)11-17-15(18)14-10-13(19)7-6-12(14)2/h6-7,10,19H,3-5,8-9,11H2,1-2H3,(H,17,18). The smallest absolute Gasteiger partial charge is 0.251 e. The van der Waals surface area contributed by atoms with Crippen molar-refractivity contribution in [2.45, 2.75) is 50.8 Å². The molecule has 1 aromatic rings. The summed E-state index contributed by atoms with van der Waals surface area (Å²) >= 11 is 4.31. The summed E-state index contributed by atoms with van der Waals surface area (Å²) in [5.74, 6) is 0.0353. The number of hydrogen-bond donors (Lipinski definition) is 2. The summed E-state index contributed by atoms with van der Waals surface area (Å²) < 4.78 is 0. The molecule has 1 N–H and O–H groups in total. The van der Waals surface area contributed by atoms with Gasteiger partial charge in [-0.15, -0.1) is 12.6 Å². The third-order valence-corrected chi connectivity index (χ3v) is 4.78. The number of carbonyl (C=O) groups excluding carboxylic acids is 1. The highest BCUT2D eigenvalue weighted by Gasteiger charge is 2.32. The molecule has 2 rings (SSSR count). The minimum absolute atomic E-state index is 0.0353. The van der Waals surface area contributed by atoms with Gasteiger partial charge >= 0.3 is 0 Å². The lowest BCUT2D eigenvalue weighted by molar-refractivity contribution is 0.0928. The molecule has 1 aliphatic rings. The first-order valence-electron chi connectivity index (χ1n) is 7.14. The summed E-state index contributed by atoms with van der Waals surface area (Å²) in [6.45, 7) is 5.00. The highest BCUT2D eigenvalue weighted by atomic mass is 32.1. The van der Waals surface area contributed by atoms with Crippen molar-refractivity contribution in [1.29, 1.82) is 0 Å². The van der Waals surface area contributed by atoms with Crippen LogP contribution in [0.15, 0.2) is 23.1 Å². The molecule has 104 valence electrons. The Morgan fingerprint density at radius 3 is 2.68 bits per heavy atom. The van der Waals surface area contributed by atoms with E-state index in [-0.39, 0.29) is 5.91 Å². The first kappa shape index (κ1) is 14.4. The quantitative estimate of drug-likeness (QED) is 0.801. The zero-order valence-electron chi connectivity index (χ0n) is 11.8. The van der Waals surface area contributed by atoms with Gasteiger partial charge in [-0.2, -0.15) is 0 Å². The Labute approximate surface area is 121 Å². The molecular formula is C16H23NOS. The summed E-state index contributed by atoms with van der Waals surface area (Å²) in [5, 5.41) is 3.13. The van der Waals surface area contributed by atoms with E-state index in [4.69, 9.17) is 0 Å². The van der Waals surface area contributed by atoms with Crippen LogP contribution < -0.4 is 5.32 Å². The van der Waals surface area contributed by atoms with Gasteiger partial charge in [-0.3, -0.25) is 4.79 Å². The number of benzene rings is 1. The van der Waals surface area contributed by atoms with Gasteiger partial charge in [0.05, 0.1) is 0 Å². The van der Waals surface area contributed by atoms with E-state index in [0.717, 1.165) is 29.0 Å². The summed E-state index contributed by atoms with van der Waals surface area (Å²) in [6.07, 6.45) is 6.24. The Kier molecular flexibility index (Phi) is 4.56. The van der Waals surface area contributed by atoms with Crippen LogP contribution in [0.2, 0.25) is 0 Å². The highest BCUT2D eigenvalue weighted by molar-refractivity contribution is 7.80. The van der Waals surface area contributed by atoms with Gasteiger partial charge in [0, 0.05) is 17.0 Å². The third kappa shape index (κ3) is 3.33. The van der Waals surface area contributed by atoms with Crippen LogP contribution in [0.25, 0.3) is 0 Å². The number of hydrogen-bond acceptors (Lipinski definition) is 2. The fourth-order valence-corrected chi connectivity index (χ4v) is 3.20. The maximum atomic E-state index is 12.3. The van der Waals surface area contributed by atoms with Crippen LogP contribution in [0, 0.1) is 12.3 Å². The lowest BCUT2D eigenvalue weighted by Crippen LogP contribution is -2.35. The molecule has 1 aliphatic carbocycles. The van der Waals surface area contributed by atoms with Crippen LogP contribution in [0.4, 0.5) is 0 Å². The monoisotopic (exact) mass is 277 g/mol. The summed E-state index contributed by atoms with van der Waals surface area (Å²) in [7, 11) is 0. The molecule has 0 aromatic heterocycles. The Bertz CT molecular complexity index is 464. The molecule has 0 saturated heterocycles. The van der Waals surface area contributed by atoms with Crippen molar-refractivity contribution in [1.82, 2.24) is 5.32 Å². The Hall–Kier alpha value is -0.960. The minimum Gasteiger partial charge on any atom is -0.351 e. The molecule has 0 atom stereocenters. The van der Waals surface area contributed by atoms with Crippen molar-refractivity contribution < 1.29 is 4.79 Å². The fraction of sp³-hybridized carbons (Fsp3) is 0.562. The van der Waals surface area contributed by atoms with Crippen LogP contribution in [-0.2, 0) is 0 Å². The van der Waals surface area contributed by atoms with E-state index in [1.54, 1.807) is 0 Å². The van der Waals surface area contributed by atoms with Crippen LogP contribution >= 0.6 is 12.6 Å². The lowest BCUT2D eigenvalue weighted by Gasteiger charge is -2.27. The van der Waals surface area contributed by atoms with E-state index in [2.05, 4.69) is 24.9 Å². The van der Waals surface area contributed by atoms with Gasteiger partial charge in [0.1, 0.15) is 0 Å². The van der Waals surface area contributed by atoms with E-state index in [9.17, 15) is 4.79 Å². The van der Waals surface area contributed by atoms with Gasteiger partial charge in [0.25, 0.3) is 5.91 Å². The molecule has 1 saturated carbocycles. The number of carbonyl (C=O) groups is 1. The molecule has 2 nitrogen and oxygen atoms in total. The topological polar surface area (TPSA) is 29.1 Å². The number of rotatable bonds is 4. The van der Waals surface area contributed by atoms with Crippen molar-refractivity contribution in [2.75, 3.05) is 6.54 Å². The second-order valence-electron chi connectivity index (χ2n) is 5.74. The van der Waals surface area contributed by atoms with Crippen LogP contribution in [0.1, 0.15) is 54.9 Å². The SMILES string of the molecule is CCC1(CNC(=O)c2cc(S)ccc2C)CCCC1. The number of amides is 1. The normalized spacial score (nSPS) is 17.4. The van der Waals surface area contributed by atoms with Gasteiger partial charge in [0.15, 0.2) is 0 Å². The van der Waals surface area contributed by atoms with Gasteiger partial charge in [-0.05, 0) is 49.3 Å². The molecule has 1 aromatic carbocycles. The zero-order chi connectivity index (χ0) is 13.9. The van der Waals surface area contributed by atoms with Crippen molar-refractivity contribution in [3.05, 3.63) is 29.3 Å². The molecule has 0 spiro atoms. The van der Waals surface area contributed by atoms with Crippen molar-refractivity contribution in [2.24, 2.45) is 5.41 Å². The predicted octanol–water partition coefficient (Wildman–Crippen LogP) is 3.98. The van der Waals surface area contributed by atoms with Gasteiger partial charge < -0.3 is 5.32 Å². The molecule has 0 aliphatic heterocycles. The fourth-order valence-electron chi connectivity index (χ4n) is 3.00. The molecule has 0 heterocycles. The minimum atomic E-state index is 0.0353. The van der Waals surface area contributed by atoms with E-state index in [0.29, 0.717) is 5.41 Å². The predicted molar refractivity (Wildman–Crippen MR) is 82.0 cm³/mol. The molecule has 1 fully saturated rings. The number of nitrogens with one attached hydrogen (secondary N) is 1. The number of aryl methyl sites for hydroxylation is 1.